The van der Waals surface area contributed by atoms with E-state index in [1.54, 1.807) is 0 Å². The molecular weight excluding hydrogens is 182 g/mol. The Balaban J connectivity index is 3.33. The van der Waals surface area contributed by atoms with E-state index in [4.69, 9.17) is 10.9 Å². The Hall–Kier alpha value is -1.69. The molecule has 1 aromatic rings. The number of nitrogen functional groups attached to an aromatic ring is 1. The predicted molar refractivity (Wildman–Crippen MR) is 41.1 cm³/mol. The second-order valence-corrected chi connectivity index (χ2v) is 2.26. The van der Waals surface area contributed by atoms with Crippen LogP contribution in [0, 0.1) is 11.6 Å². The number of rotatable bonds is 2. The second-order valence-electron chi connectivity index (χ2n) is 2.26. The summed E-state index contributed by atoms with van der Waals surface area (Å²) in [5, 5.41) is 8.53. The van der Waals surface area contributed by atoms with Crippen LogP contribution in [0.1, 0.15) is 10.4 Å². The van der Waals surface area contributed by atoms with E-state index in [-0.39, 0.29) is 5.69 Å². The minimum Gasteiger partial charge on any atom is -0.478 e. The topological polar surface area (TPSA) is 75.3 Å². The van der Waals surface area contributed by atoms with Crippen LogP contribution in [-0.2, 0) is 0 Å². The van der Waals surface area contributed by atoms with Crippen LogP contribution >= 0.6 is 0 Å². The monoisotopic (exact) mass is 188 g/mol. The summed E-state index contributed by atoms with van der Waals surface area (Å²) in [6, 6.07) is 1.24. The van der Waals surface area contributed by atoms with Crippen molar-refractivity contribution >= 4 is 11.7 Å². The molecule has 0 aliphatic carbocycles. The molecular formula is C7H6F2N2O2. The summed E-state index contributed by atoms with van der Waals surface area (Å²) in [5.41, 5.74) is 1.37. The van der Waals surface area contributed by atoms with E-state index in [1.165, 1.54) is 0 Å². The molecule has 0 saturated carbocycles. The van der Waals surface area contributed by atoms with E-state index in [9.17, 15) is 13.6 Å². The zero-order valence-corrected chi connectivity index (χ0v) is 6.34. The fourth-order valence-electron chi connectivity index (χ4n) is 0.843. The highest BCUT2D eigenvalue weighted by molar-refractivity contribution is 5.94. The molecule has 0 unspecified atom stereocenters. The molecule has 0 fully saturated rings. The zero-order chi connectivity index (χ0) is 10.0. The van der Waals surface area contributed by atoms with E-state index in [0.29, 0.717) is 12.1 Å². The van der Waals surface area contributed by atoms with Crippen LogP contribution in [0.15, 0.2) is 12.1 Å². The van der Waals surface area contributed by atoms with Gasteiger partial charge in [0.05, 0.1) is 11.3 Å². The van der Waals surface area contributed by atoms with Gasteiger partial charge in [0.25, 0.3) is 0 Å². The third-order valence-corrected chi connectivity index (χ3v) is 1.45. The largest absolute Gasteiger partial charge is 0.478 e. The molecule has 0 aliphatic heterocycles. The standard InChI is InChI=1S/C7H6F2N2O2/c8-4-1-3(7(12)13)6(11-10)2-5(4)9/h1-2,11H,10H2,(H,12,13). The molecule has 0 atom stereocenters. The van der Waals surface area contributed by atoms with Crippen LogP contribution < -0.4 is 11.3 Å². The van der Waals surface area contributed by atoms with Gasteiger partial charge in [-0.3, -0.25) is 5.84 Å². The molecule has 0 radical (unpaired) electrons. The number of carbonyl (C=O) groups is 1. The molecule has 4 N–H and O–H groups in total. The van der Waals surface area contributed by atoms with Crippen molar-refractivity contribution in [1.82, 2.24) is 0 Å². The Bertz CT molecular complexity index is 355. The highest BCUT2D eigenvalue weighted by Crippen LogP contribution is 2.18. The number of carboxylic acid groups (broad SMARTS) is 1. The van der Waals surface area contributed by atoms with Gasteiger partial charge in [0.2, 0.25) is 0 Å². The Morgan fingerprint density at radius 1 is 1.38 bits per heavy atom. The van der Waals surface area contributed by atoms with Gasteiger partial charge in [0.1, 0.15) is 0 Å². The SMILES string of the molecule is NNc1cc(F)c(F)cc1C(=O)O. The van der Waals surface area contributed by atoms with Gasteiger partial charge in [-0.2, -0.15) is 0 Å². The summed E-state index contributed by atoms with van der Waals surface area (Å²) in [6.07, 6.45) is 0. The number of benzene rings is 1. The zero-order valence-electron chi connectivity index (χ0n) is 6.34. The third-order valence-electron chi connectivity index (χ3n) is 1.45. The highest BCUT2D eigenvalue weighted by atomic mass is 19.2. The van der Waals surface area contributed by atoms with E-state index in [1.807, 2.05) is 5.43 Å². The van der Waals surface area contributed by atoms with Gasteiger partial charge in [0, 0.05) is 6.07 Å². The van der Waals surface area contributed by atoms with Gasteiger partial charge < -0.3 is 10.5 Å². The molecule has 4 nitrogen and oxygen atoms in total. The van der Waals surface area contributed by atoms with Crippen molar-refractivity contribution in [3.05, 3.63) is 29.3 Å². The average Bonchev–Trinajstić information content (AvgIpc) is 2.08. The third kappa shape index (κ3) is 1.73. The molecule has 0 aliphatic rings. The predicted octanol–water partition coefficient (Wildman–Crippen LogP) is 0.949. The van der Waals surface area contributed by atoms with Crippen LogP contribution in [-0.4, -0.2) is 11.1 Å². The van der Waals surface area contributed by atoms with Gasteiger partial charge in [-0.25, -0.2) is 13.6 Å². The lowest BCUT2D eigenvalue weighted by Crippen LogP contribution is -2.12. The number of nitrogens with one attached hydrogen (secondary N) is 1. The number of nitrogens with two attached hydrogens (primary N) is 1. The minimum atomic E-state index is -1.38. The molecule has 13 heavy (non-hydrogen) atoms. The first kappa shape index (κ1) is 9.40. The second kappa shape index (κ2) is 3.36. The lowest BCUT2D eigenvalue weighted by atomic mass is 10.1. The van der Waals surface area contributed by atoms with Crippen LogP contribution in [0.3, 0.4) is 0 Å². The molecule has 0 heterocycles. The first-order valence-corrected chi connectivity index (χ1v) is 3.25. The van der Waals surface area contributed by atoms with Crippen molar-refractivity contribution in [3.63, 3.8) is 0 Å². The molecule has 0 aromatic heterocycles. The van der Waals surface area contributed by atoms with Crippen LogP contribution in [0.2, 0.25) is 0 Å². The average molecular weight is 188 g/mol. The van der Waals surface area contributed by atoms with E-state index < -0.39 is 23.2 Å². The Morgan fingerprint density at radius 2 is 1.92 bits per heavy atom. The van der Waals surface area contributed by atoms with E-state index in [0.717, 1.165) is 0 Å². The van der Waals surface area contributed by atoms with Gasteiger partial charge in [-0.05, 0) is 6.07 Å². The normalized spacial score (nSPS) is 9.77. The fourth-order valence-corrected chi connectivity index (χ4v) is 0.843. The fraction of sp³-hybridized carbons (Fsp3) is 0. The number of halogens is 2. The van der Waals surface area contributed by atoms with Gasteiger partial charge in [-0.1, -0.05) is 0 Å². The number of aromatic carboxylic acids is 1. The number of hydrogen-bond acceptors (Lipinski definition) is 3. The van der Waals surface area contributed by atoms with Crippen molar-refractivity contribution in [2.75, 3.05) is 5.43 Å². The lowest BCUT2D eigenvalue weighted by Gasteiger charge is -2.04. The summed E-state index contributed by atoms with van der Waals surface area (Å²) in [6.45, 7) is 0. The van der Waals surface area contributed by atoms with E-state index in [2.05, 4.69) is 0 Å². The Morgan fingerprint density at radius 3 is 2.38 bits per heavy atom. The molecule has 0 bridgehead atoms. The molecule has 0 saturated heterocycles. The molecule has 6 heteroatoms. The molecule has 0 amide bonds. The maximum atomic E-state index is 12.5. The smallest absolute Gasteiger partial charge is 0.337 e. The quantitative estimate of drug-likeness (QED) is 0.477. The summed E-state index contributed by atoms with van der Waals surface area (Å²) < 4.78 is 25.1. The highest BCUT2D eigenvalue weighted by Gasteiger charge is 2.13. The number of hydrogen-bond donors (Lipinski definition) is 3. The molecule has 1 aromatic carbocycles. The van der Waals surface area contributed by atoms with Crippen molar-refractivity contribution in [2.45, 2.75) is 0 Å². The summed E-state index contributed by atoms with van der Waals surface area (Å²) in [5.74, 6) is 1.14. The first-order valence-electron chi connectivity index (χ1n) is 3.25. The van der Waals surface area contributed by atoms with Crippen molar-refractivity contribution in [2.24, 2.45) is 5.84 Å². The minimum absolute atomic E-state index is 0.175. The molecule has 70 valence electrons. The first-order chi connectivity index (χ1) is 6.06. The van der Waals surface area contributed by atoms with Crippen molar-refractivity contribution in [3.8, 4) is 0 Å². The molecule has 0 spiro atoms. The molecule has 1 rings (SSSR count). The number of carboxylic acids is 1. The van der Waals surface area contributed by atoms with Gasteiger partial charge in [-0.15, -0.1) is 0 Å². The van der Waals surface area contributed by atoms with Gasteiger partial charge in [0.15, 0.2) is 11.6 Å². The summed E-state index contributed by atoms with van der Waals surface area (Å²) in [4.78, 5) is 10.5. The number of hydrazine groups is 1. The van der Waals surface area contributed by atoms with Crippen LogP contribution in [0.4, 0.5) is 14.5 Å². The van der Waals surface area contributed by atoms with Crippen LogP contribution in [0.5, 0.6) is 0 Å². The Kier molecular flexibility index (Phi) is 2.43. The van der Waals surface area contributed by atoms with Gasteiger partial charge >= 0.3 is 5.97 Å². The summed E-state index contributed by atoms with van der Waals surface area (Å²) >= 11 is 0. The van der Waals surface area contributed by atoms with E-state index >= 15 is 0 Å². The number of anilines is 1. The van der Waals surface area contributed by atoms with Crippen LogP contribution in [0.25, 0.3) is 0 Å². The maximum Gasteiger partial charge on any atom is 0.337 e. The maximum absolute atomic E-state index is 12.5. The van der Waals surface area contributed by atoms with Crippen molar-refractivity contribution < 1.29 is 18.7 Å². The lowest BCUT2D eigenvalue weighted by molar-refractivity contribution is 0.0697. The summed E-state index contributed by atoms with van der Waals surface area (Å²) in [7, 11) is 0. The van der Waals surface area contributed by atoms with Crippen molar-refractivity contribution in [1.29, 1.82) is 0 Å². The Labute approximate surface area is 71.9 Å².